The summed E-state index contributed by atoms with van der Waals surface area (Å²) in [7, 11) is 0. The van der Waals surface area contributed by atoms with Crippen LogP contribution in [0.3, 0.4) is 0 Å². The standard InChI is InChI=1S/C31H30F3N3O4S/c1-2-39-29(38)18-9-12-25-26(13-18)42-30(35-25)37-19-10-11-20(37)15-21(14-19)40-16-23-27(36-41-28(23)17-7-8-17)22-5-3-4-6-24(22)31(32,33)34/h3-6,9,12-13,17,19-21H,2,7-8,10-11,14-16H2,1H3/t19-,20?,21?/m0/s1. The van der Waals surface area contributed by atoms with E-state index in [0.29, 0.717) is 23.5 Å². The molecule has 4 aromatic rings. The number of hydrogen-bond donors (Lipinski definition) is 0. The second kappa shape index (κ2) is 10.7. The van der Waals surface area contributed by atoms with Crippen LogP contribution in [0.2, 0.25) is 0 Å². The van der Waals surface area contributed by atoms with Gasteiger partial charge in [-0.1, -0.05) is 34.7 Å². The van der Waals surface area contributed by atoms with E-state index in [1.165, 1.54) is 12.1 Å². The zero-order chi connectivity index (χ0) is 29.0. The third kappa shape index (κ3) is 5.06. The first-order chi connectivity index (χ1) is 20.3. The summed E-state index contributed by atoms with van der Waals surface area (Å²) in [4.78, 5) is 19.5. The molecule has 3 aliphatic rings. The maximum atomic E-state index is 13.8. The molecule has 2 saturated heterocycles. The van der Waals surface area contributed by atoms with Gasteiger partial charge < -0.3 is 18.9 Å². The number of benzene rings is 2. The minimum Gasteiger partial charge on any atom is -0.462 e. The molecule has 0 N–H and O–H groups in total. The second-order valence-electron chi connectivity index (χ2n) is 11.3. The number of piperidine rings is 1. The molecule has 42 heavy (non-hydrogen) atoms. The molecule has 4 heterocycles. The predicted octanol–water partition coefficient (Wildman–Crippen LogP) is 7.74. The summed E-state index contributed by atoms with van der Waals surface area (Å²) < 4.78 is 59.6. The van der Waals surface area contributed by atoms with Gasteiger partial charge in [0, 0.05) is 29.1 Å². The zero-order valence-electron chi connectivity index (χ0n) is 23.0. The van der Waals surface area contributed by atoms with Gasteiger partial charge in [0.1, 0.15) is 11.5 Å². The number of carbonyl (C=O) groups is 1. The van der Waals surface area contributed by atoms with Crippen molar-refractivity contribution in [3.05, 3.63) is 64.9 Å². The van der Waals surface area contributed by atoms with Crippen molar-refractivity contribution in [3.8, 4) is 11.3 Å². The van der Waals surface area contributed by atoms with E-state index in [1.54, 1.807) is 30.4 Å². The predicted molar refractivity (Wildman–Crippen MR) is 152 cm³/mol. The first kappa shape index (κ1) is 27.4. The van der Waals surface area contributed by atoms with E-state index in [0.717, 1.165) is 59.9 Å². The lowest BCUT2D eigenvalue weighted by Gasteiger charge is -2.38. The van der Waals surface area contributed by atoms with Gasteiger partial charge in [-0.2, -0.15) is 13.2 Å². The van der Waals surface area contributed by atoms with E-state index < -0.39 is 11.7 Å². The zero-order valence-corrected chi connectivity index (χ0v) is 23.8. The Morgan fingerprint density at radius 1 is 1.10 bits per heavy atom. The van der Waals surface area contributed by atoms with Crippen molar-refractivity contribution < 1.29 is 32.0 Å². The van der Waals surface area contributed by atoms with E-state index in [4.69, 9.17) is 19.0 Å². The third-order valence-electron chi connectivity index (χ3n) is 8.52. The molecule has 7 nitrogen and oxygen atoms in total. The third-order valence-corrected chi connectivity index (χ3v) is 9.55. The number of alkyl halides is 3. The van der Waals surface area contributed by atoms with Crippen LogP contribution in [0.1, 0.15) is 78.6 Å². The van der Waals surface area contributed by atoms with Crippen molar-refractivity contribution in [2.24, 2.45) is 0 Å². The number of esters is 1. The van der Waals surface area contributed by atoms with Gasteiger partial charge in [0.05, 0.1) is 40.7 Å². The normalized spacial score (nSPS) is 22.2. The Balaban J connectivity index is 1.09. The van der Waals surface area contributed by atoms with E-state index in [1.807, 2.05) is 12.1 Å². The van der Waals surface area contributed by atoms with Crippen molar-refractivity contribution in [3.63, 3.8) is 0 Å². The minimum atomic E-state index is -4.50. The Labute approximate surface area is 244 Å². The lowest BCUT2D eigenvalue weighted by Crippen LogP contribution is -2.45. The van der Waals surface area contributed by atoms with Crippen LogP contribution < -0.4 is 4.90 Å². The highest BCUT2D eigenvalue weighted by Crippen LogP contribution is 2.47. The van der Waals surface area contributed by atoms with E-state index in [9.17, 15) is 18.0 Å². The molecule has 2 aromatic carbocycles. The average Bonchev–Trinajstić information content (AvgIpc) is 3.49. The van der Waals surface area contributed by atoms with E-state index in [2.05, 4.69) is 10.1 Å². The van der Waals surface area contributed by atoms with Crippen LogP contribution in [0.15, 0.2) is 47.0 Å². The Hall–Kier alpha value is -3.44. The smallest absolute Gasteiger partial charge is 0.417 e. The van der Waals surface area contributed by atoms with Crippen molar-refractivity contribution in [2.45, 2.75) is 82.3 Å². The fraction of sp³-hybridized carbons (Fsp3) is 0.452. The largest absolute Gasteiger partial charge is 0.462 e. The Kier molecular flexibility index (Phi) is 6.97. The topological polar surface area (TPSA) is 77.7 Å². The maximum Gasteiger partial charge on any atom is 0.417 e. The van der Waals surface area contributed by atoms with Crippen LogP contribution in [0.25, 0.3) is 21.5 Å². The fourth-order valence-electron chi connectivity index (χ4n) is 6.42. The molecule has 11 heteroatoms. The molecule has 3 fully saturated rings. The monoisotopic (exact) mass is 597 g/mol. The summed E-state index contributed by atoms with van der Waals surface area (Å²) in [6.45, 7) is 2.28. The number of carbonyl (C=O) groups excluding carboxylic acids is 1. The van der Waals surface area contributed by atoms with Crippen molar-refractivity contribution >= 4 is 32.7 Å². The first-order valence-corrected chi connectivity index (χ1v) is 15.2. The van der Waals surface area contributed by atoms with Gasteiger partial charge in [0.15, 0.2) is 5.13 Å². The number of anilines is 1. The highest BCUT2D eigenvalue weighted by molar-refractivity contribution is 7.22. The Bertz CT molecular complexity index is 1620. The molecule has 2 aromatic heterocycles. The van der Waals surface area contributed by atoms with Crippen molar-refractivity contribution in [1.29, 1.82) is 0 Å². The number of thiazole rings is 1. The molecule has 220 valence electrons. The number of nitrogens with zero attached hydrogens (tertiary/aromatic N) is 3. The van der Waals surface area contributed by atoms with Gasteiger partial charge in [-0.3, -0.25) is 0 Å². The molecule has 1 aliphatic carbocycles. The molecule has 7 rings (SSSR count). The van der Waals surface area contributed by atoms with Gasteiger partial charge in [0.25, 0.3) is 0 Å². The van der Waals surface area contributed by atoms with Crippen LogP contribution in [0, 0.1) is 0 Å². The van der Waals surface area contributed by atoms with E-state index in [-0.39, 0.29) is 47.9 Å². The number of aromatic nitrogens is 2. The second-order valence-corrected chi connectivity index (χ2v) is 12.3. The highest BCUT2D eigenvalue weighted by Gasteiger charge is 2.43. The van der Waals surface area contributed by atoms with Gasteiger partial charge in [0.2, 0.25) is 0 Å². The molecule has 0 spiro atoms. The quantitative estimate of drug-likeness (QED) is 0.192. The van der Waals surface area contributed by atoms with Crippen molar-refractivity contribution in [2.75, 3.05) is 11.5 Å². The molecule has 3 atom stereocenters. The average molecular weight is 598 g/mol. The summed E-state index contributed by atoms with van der Waals surface area (Å²) in [6, 6.07) is 11.5. The summed E-state index contributed by atoms with van der Waals surface area (Å²) in [5.74, 6) is 0.499. The van der Waals surface area contributed by atoms with Crippen LogP contribution in [-0.2, 0) is 22.3 Å². The van der Waals surface area contributed by atoms with Crippen LogP contribution in [0.4, 0.5) is 18.3 Å². The first-order valence-electron chi connectivity index (χ1n) is 14.4. The summed E-state index contributed by atoms with van der Waals surface area (Å²) in [5.41, 5.74) is 1.53. The van der Waals surface area contributed by atoms with Gasteiger partial charge >= 0.3 is 12.1 Å². The molecule has 0 amide bonds. The summed E-state index contributed by atoms with van der Waals surface area (Å²) in [6.07, 6.45) is 1.01. The van der Waals surface area contributed by atoms with E-state index >= 15 is 0 Å². The lowest BCUT2D eigenvalue weighted by atomic mass is 9.98. The maximum absolute atomic E-state index is 13.8. The fourth-order valence-corrected chi connectivity index (χ4v) is 7.57. The highest BCUT2D eigenvalue weighted by atomic mass is 32.1. The molecule has 2 bridgehead atoms. The summed E-state index contributed by atoms with van der Waals surface area (Å²) >= 11 is 1.58. The van der Waals surface area contributed by atoms with Crippen molar-refractivity contribution in [1.82, 2.24) is 10.1 Å². The number of rotatable bonds is 8. The SMILES string of the molecule is CCOC(=O)c1ccc2nc(N3C4CC[C@H]3CC(OCc3c(-c5ccccc5C(F)(F)F)noc3C3CC3)C4)sc2c1. The van der Waals surface area contributed by atoms with Gasteiger partial charge in [-0.05, 0) is 69.7 Å². The molecule has 1 saturated carbocycles. The number of fused-ring (bicyclic) bond motifs is 3. The molecule has 2 unspecified atom stereocenters. The number of halogens is 3. The summed E-state index contributed by atoms with van der Waals surface area (Å²) in [5, 5.41) is 5.07. The minimum absolute atomic E-state index is 0.0242. The lowest BCUT2D eigenvalue weighted by molar-refractivity contribution is -0.137. The molecule has 0 radical (unpaired) electrons. The van der Waals surface area contributed by atoms with Crippen LogP contribution in [0.5, 0.6) is 0 Å². The van der Waals surface area contributed by atoms with Gasteiger partial charge in [-0.25, -0.2) is 9.78 Å². The number of ether oxygens (including phenoxy) is 2. The van der Waals surface area contributed by atoms with Gasteiger partial charge in [-0.15, -0.1) is 0 Å². The Morgan fingerprint density at radius 3 is 2.57 bits per heavy atom. The van der Waals surface area contributed by atoms with Crippen LogP contribution in [-0.4, -0.2) is 40.9 Å². The molecular formula is C31H30F3N3O4S. The molecule has 2 aliphatic heterocycles. The van der Waals surface area contributed by atoms with Crippen LogP contribution >= 0.6 is 11.3 Å². The molecular weight excluding hydrogens is 567 g/mol. The number of hydrogen-bond acceptors (Lipinski definition) is 8. The Morgan fingerprint density at radius 2 is 1.86 bits per heavy atom.